The number of hydrogen-bond acceptors (Lipinski definition) is 1. The van der Waals surface area contributed by atoms with Gasteiger partial charge in [0, 0.05) is 0 Å². The maximum absolute atomic E-state index is 10.8. The third kappa shape index (κ3) is 3.44. The van der Waals surface area contributed by atoms with Gasteiger partial charge >= 0.3 is 0 Å². The number of benzene rings is 1. The molecule has 1 heteroatoms. The molecule has 1 atom stereocenters. The Kier molecular flexibility index (Phi) is 5.65. The molecule has 1 aromatic rings. The molecule has 0 aliphatic heterocycles. The largest absolute Gasteiger partial charge is 0.388 e. The molecule has 0 aromatic heterocycles. The monoisotopic (exact) mass is 274 g/mol. The normalized spacial score (nSPS) is 17.6. The van der Waals surface area contributed by atoms with Gasteiger partial charge in [-0.25, -0.2) is 0 Å². The van der Waals surface area contributed by atoms with Gasteiger partial charge in [-0.15, -0.1) is 0 Å². The first-order valence-electron chi connectivity index (χ1n) is 8.52. The third-order valence-corrected chi connectivity index (χ3v) is 4.95. The SMILES string of the molecule is CCc1cc(CC)c(C(O)CC2CCCC2)c(CC)c1. The fourth-order valence-electron chi connectivity index (χ4n) is 3.75. The summed E-state index contributed by atoms with van der Waals surface area (Å²) in [4.78, 5) is 0. The minimum atomic E-state index is -0.256. The molecule has 1 aliphatic carbocycles. The van der Waals surface area contributed by atoms with Crippen molar-refractivity contribution < 1.29 is 5.11 Å². The third-order valence-electron chi connectivity index (χ3n) is 4.95. The van der Waals surface area contributed by atoms with Crippen LogP contribution in [0.1, 0.15) is 81.2 Å². The van der Waals surface area contributed by atoms with Gasteiger partial charge in [0.2, 0.25) is 0 Å². The van der Waals surface area contributed by atoms with E-state index in [1.165, 1.54) is 47.9 Å². The molecule has 0 amide bonds. The number of aryl methyl sites for hydroxylation is 3. The fourth-order valence-corrected chi connectivity index (χ4v) is 3.75. The van der Waals surface area contributed by atoms with Crippen LogP contribution in [0.5, 0.6) is 0 Å². The lowest BCUT2D eigenvalue weighted by Crippen LogP contribution is -2.10. The summed E-state index contributed by atoms with van der Waals surface area (Å²) < 4.78 is 0. The van der Waals surface area contributed by atoms with Crippen molar-refractivity contribution in [3.05, 3.63) is 34.4 Å². The molecule has 112 valence electrons. The summed E-state index contributed by atoms with van der Waals surface area (Å²) in [6, 6.07) is 4.62. The zero-order chi connectivity index (χ0) is 14.5. The van der Waals surface area contributed by atoms with Crippen LogP contribution in [0.2, 0.25) is 0 Å². The number of hydrogen-bond donors (Lipinski definition) is 1. The van der Waals surface area contributed by atoms with Crippen molar-refractivity contribution in [3.63, 3.8) is 0 Å². The Hall–Kier alpha value is -0.820. The Labute approximate surface area is 124 Å². The molecular formula is C19H30O. The van der Waals surface area contributed by atoms with E-state index >= 15 is 0 Å². The molecule has 1 unspecified atom stereocenters. The Balaban J connectivity index is 2.27. The van der Waals surface area contributed by atoms with Gasteiger partial charge < -0.3 is 5.11 Å². The van der Waals surface area contributed by atoms with E-state index in [-0.39, 0.29) is 6.10 Å². The van der Waals surface area contributed by atoms with Crippen LogP contribution in [0.25, 0.3) is 0 Å². The van der Waals surface area contributed by atoms with Gasteiger partial charge in [-0.2, -0.15) is 0 Å². The van der Waals surface area contributed by atoms with Crippen molar-refractivity contribution in [2.75, 3.05) is 0 Å². The fraction of sp³-hybridized carbons (Fsp3) is 0.684. The zero-order valence-corrected chi connectivity index (χ0v) is 13.4. The molecular weight excluding hydrogens is 244 g/mol. The summed E-state index contributed by atoms with van der Waals surface area (Å²) in [5, 5.41) is 10.8. The van der Waals surface area contributed by atoms with Crippen LogP contribution in [0.3, 0.4) is 0 Å². The highest BCUT2D eigenvalue weighted by Crippen LogP contribution is 2.36. The quantitative estimate of drug-likeness (QED) is 0.775. The summed E-state index contributed by atoms with van der Waals surface area (Å²) in [5.41, 5.74) is 5.40. The van der Waals surface area contributed by atoms with Crippen molar-refractivity contribution in [3.8, 4) is 0 Å². The van der Waals surface area contributed by atoms with Crippen LogP contribution in [-0.4, -0.2) is 5.11 Å². The van der Waals surface area contributed by atoms with Gasteiger partial charge in [-0.3, -0.25) is 0 Å². The molecule has 1 aliphatic rings. The maximum atomic E-state index is 10.8. The minimum absolute atomic E-state index is 0.256. The van der Waals surface area contributed by atoms with Gasteiger partial charge in [0.1, 0.15) is 0 Å². The Morgan fingerprint density at radius 3 is 2.00 bits per heavy atom. The summed E-state index contributed by atoms with van der Waals surface area (Å²) in [6.45, 7) is 6.63. The Bertz CT molecular complexity index is 404. The molecule has 1 fully saturated rings. The van der Waals surface area contributed by atoms with Crippen molar-refractivity contribution in [2.24, 2.45) is 5.92 Å². The standard InChI is InChI=1S/C19H30O/c1-4-14-11-16(5-2)19(17(6-3)12-14)18(20)13-15-9-7-8-10-15/h11-12,15,18,20H,4-10,13H2,1-3H3. The average Bonchev–Trinajstić information content (AvgIpc) is 2.98. The van der Waals surface area contributed by atoms with Crippen molar-refractivity contribution in [1.82, 2.24) is 0 Å². The van der Waals surface area contributed by atoms with Gasteiger partial charge in [0.05, 0.1) is 6.10 Å². The van der Waals surface area contributed by atoms with E-state index < -0.39 is 0 Å². The number of aliphatic hydroxyl groups excluding tert-OH is 1. The van der Waals surface area contributed by atoms with E-state index in [4.69, 9.17) is 0 Å². The molecule has 1 N–H and O–H groups in total. The minimum Gasteiger partial charge on any atom is -0.388 e. The summed E-state index contributed by atoms with van der Waals surface area (Å²) in [5.74, 6) is 0.741. The molecule has 2 rings (SSSR count). The van der Waals surface area contributed by atoms with E-state index in [2.05, 4.69) is 32.9 Å². The molecule has 0 bridgehead atoms. The molecule has 0 radical (unpaired) electrons. The van der Waals surface area contributed by atoms with Crippen LogP contribution >= 0.6 is 0 Å². The maximum Gasteiger partial charge on any atom is 0.0798 e. The highest BCUT2D eigenvalue weighted by atomic mass is 16.3. The van der Waals surface area contributed by atoms with E-state index in [0.29, 0.717) is 0 Å². The highest BCUT2D eigenvalue weighted by Gasteiger charge is 2.23. The van der Waals surface area contributed by atoms with E-state index in [1.807, 2.05) is 0 Å². The summed E-state index contributed by atoms with van der Waals surface area (Å²) in [6.07, 6.45) is 9.18. The number of aliphatic hydroxyl groups is 1. The van der Waals surface area contributed by atoms with Crippen LogP contribution < -0.4 is 0 Å². The van der Waals surface area contributed by atoms with E-state index in [1.54, 1.807) is 0 Å². The zero-order valence-electron chi connectivity index (χ0n) is 13.4. The van der Waals surface area contributed by atoms with Gasteiger partial charge in [-0.05, 0) is 53.9 Å². The van der Waals surface area contributed by atoms with Gasteiger partial charge in [-0.1, -0.05) is 58.6 Å². The lowest BCUT2D eigenvalue weighted by molar-refractivity contribution is 0.143. The van der Waals surface area contributed by atoms with Crippen molar-refractivity contribution >= 4 is 0 Å². The lowest BCUT2D eigenvalue weighted by atomic mass is 9.86. The van der Waals surface area contributed by atoms with Gasteiger partial charge in [0.25, 0.3) is 0 Å². The first-order chi connectivity index (χ1) is 9.69. The first kappa shape index (κ1) is 15.6. The van der Waals surface area contributed by atoms with Crippen LogP contribution in [-0.2, 0) is 19.3 Å². The van der Waals surface area contributed by atoms with Gasteiger partial charge in [0.15, 0.2) is 0 Å². The summed E-state index contributed by atoms with van der Waals surface area (Å²) >= 11 is 0. The second-order valence-electron chi connectivity index (χ2n) is 6.29. The Morgan fingerprint density at radius 1 is 1.00 bits per heavy atom. The van der Waals surface area contributed by atoms with E-state index in [9.17, 15) is 5.11 Å². The van der Waals surface area contributed by atoms with Crippen molar-refractivity contribution in [1.29, 1.82) is 0 Å². The van der Waals surface area contributed by atoms with Crippen molar-refractivity contribution in [2.45, 2.75) is 78.2 Å². The van der Waals surface area contributed by atoms with Crippen LogP contribution in [0.15, 0.2) is 12.1 Å². The molecule has 0 spiro atoms. The average molecular weight is 274 g/mol. The predicted octanol–water partition coefficient (Wildman–Crippen LogP) is 4.99. The van der Waals surface area contributed by atoms with Crippen LogP contribution in [0, 0.1) is 5.92 Å². The summed E-state index contributed by atoms with van der Waals surface area (Å²) in [7, 11) is 0. The van der Waals surface area contributed by atoms with Crippen LogP contribution in [0.4, 0.5) is 0 Å². The first-order valence-corrected chi connectivity index (χ1v) is 8.52. The molecule has 0 heterocycles. The number of rotatable bonds is 6. The molecule has 1 saturated carbocycles. The molecule has 20 heavy (non-hydrogen) atoms. The second kappa shape index (κ2) is 7.26. The topological polar surface area (TPSA) is 20.2 Å². The second-order valence-corrected chi connectivity index (χ2v) is 6.29. The predicted molar refractivity (Wildman–Crippen MR) is 86.1 cm³/mol. The molecule has 0 saturated heterocycles. The Morgan fingerprint density at radius 2 is 1.55 bits per heavy atom. The molecule has 1 aromatic carbocycles. The highest BCUT2D eigenvalue weighted by molar-refractivity contribution is 5.41. The van der Waals surface area contributed by atoms with E-state index in [0.717, 1.165) is 31.6 Å². The lowest BCUT2D eigenvalue weighted by Gasteiger charge is -2.22. The molecule has 1 nitrogen and oxygen atoms in total. The smallest absolute Gasteiger partial charge is 0.0798 e.